The minimum Gasteiger partial charge on any atom is -0.497 e. The van der Waals surface area contributed by atoms with Gasteiger partial charge in [0.05, 0.1) is 48.2 Å². The predicted molar refractivity (Wildman–Crippen MR) is 173 cm³/mol. The third kappa shape index (κ3) is 6.74. The second kappa shape index (κ2) is 14.3. The van der Waals surface area contributed by atoms with E-state index in [0.717, 1.165) is 6.42 Å². The third-order valence-electron chi connectivity index (χ3n) is 7.36. The molecule has 1 aromatic heterocycles. The lowest BCUT2D eigenvalue weighted by Crippen LogP contribution is -2.40. The van der Waals surface area contributed by atoms with Crippen LogP contribution in [0.4, 0.5) is 0 Å². The van der Waals surface area contributed by atoms with Gasteiger partial charge in [-0.2, -0.15) is 0 Å². The van der Waals surface area contributed by atoms with E-state index in [9.17, 15) is 19.5 Å². The van der Waals surface area contributed by atoms with Gasteiger partial charge < -0.3 is 24.1 Å². The molecule has 2 heterocycles. The molecule has 238 valence electrons. The number of carbonyl (C=O) groups excluding carboxylic acids is 1. The standard InChI is InChI=1S/C35H34N2O8S/c1-5-9-26-30(34(41)44-6-2)31(23-11-8-13-25(19-23)42-3)37-32(38)29(46-35(37)36-26)18-21-14-15-27(28(17-21)43-4)45-20-22-10-7-12-24(16-22)33(39)40/h7-8,10-19,31H,5-6,9,20H2,1-4H3,(H,39,40)/b29-18-/t31-/m0/s1. The average Bonchev–Trinajstić information content (AvgIpc) is 3.37. The van der Waals surface area contributed by atoms with E-state index in [4.69, 9.17) is 23.9 Å². The maximum Gasteiger partial charge on any atom is 0.338 e. The van der Waals surface area contributed by atoms with E-state index < -0.39 is 18.0 Å². The Kier molecular flexibility index (Phi) is 10.0. The molecule has 0 aliphatic carbocycles. The maximum absolute atomic E-state index is 14.1. The van der Waals surface area contributed by atoms with Crippen LogP contribution in [-0.2, 0) is 16.1 Å². The minimum atomic E-state index is -1.01. The minimum absolute atomic E-state index is 0.141. The number of benzene rings is 3. The van der Waals surface area contributed by atoms with Gasteiger partial charge in [0, 0.05) is 0 Å². The molecule has 1 N–H and O–H groups in total. The Morgan fingerprint density at radius 3 is 2.52 bits per heavy atom. The van der Waals surface area contributed by atoms with Crippen molar-refractivity contribution in [3.05, 3.63) is 120 Å². The molecule has 0 bridgehead atoms. The van der Waals surface area contributed by atoms with Crippen molar-refractivity contribution in [1.82, 2.24) is 4.57 Å². The molecule has 46 heavy (non-hydrogen) atoms. The molecule has 3 aromatic carbocycles. The van der Waals surface area contributed by atoms with E-state index in [1.54, 1.807) is 61.1 Å². The first-order valence-corrected chi connectivity index (χ1v) is 15.6. The molecule has 11 heteroatoms. The number of aromatic carboxylic acids is 1. The van der Waals surface area contributed by atoms with Gasteiger partial charge in [-0.3, -0.25) is 9.36 Å². The Labute approximate surface area is 269 Å². The smallest absolute Gasteiger partial charge is 0.338 e. The number of fused-ring (bicyclic) bond motifs is 1. The molecule has 0 unspecified atom stereocenters. The lowest BCUT2D eigenvalue weighted by molar-refractivity contribution is -0.139. The Hall–Kier alpha value is -5.16. The van der Waals surface area contributed by atoms with Crippen LogP contribution in [0.25, 0.3) is 6.08 Å². The quantitative estimate of drug-likeness (QED) is 0.217. The van der Waals surface area contributed by atoms with Gasteiger partial charge in [-0.05, 0) is 72.5 Å². The number of carboxylic acids is 1. The molecule has 10 nitrogen and oxygen atoms in total. The highest BCUT2D eigenvalue weighted by Crippen LogP contribution is 2.34. The zero-order chi connectivity index (χ0) is 32.8. The number of hydrogen-bond acceptors (Lipinski definition) is 9. The van der Waals surface area contributed by atoms with Crippen LogP contribution >= 0.6 is 11.3 Å². The fourth-order valence-electron chi connectivity index (χ4n) is 5.25. The number of aromatic nitrogens is 1. The van der Waals surface area contributed by atoms with Crippen molar-refractivity contribution < 1.29 is 33.6 Å². The molecule has 0 spiro atoms. The first-order chi connectivity index (χ1) is 22.3. The number of methoxy groups -OCH3 is 2. The predicted octanol–water partition coefficient (Wildman–Crippen LogP) is 4.87. The molecule has 0 amide bonds. The Bertz CT molecular complexity index is 1990. The highest BCUT2D eigenvalue weighted by atomic mass is 32.1. The second-order valence-electron chi connectivity index (χ2n) is 10.4. The van der Waals surface area contributed by atoms with E-state index in [2.05, 4.69) is 0 Å². The summed E-state index contributed by atoms with van der Waals surface area (Å²) >= 11 is 1.24. The molecule has 4 aromatic rings. The number of nitrogens with zero attached hydrogens (tertiary/aromatic N) is 2. The number of carbonyl (C=O) groups is 2. The van der Waals surface area contributed by atoms with Crippen LogP contribution in [0.3, 0.4) is 0 Å². The van der Waals surface area contributed by atoms with Crippen LogP contribution in [-0.4, -0.2) is 42.4 Å². The van der Waals surface area contributed by atoms with E-state index in [0.29, 0.717) is 61.0 Å². The normalized spacial score (nSPS) is 14.3. The number of ether oxygens (including phenoxy) is 4. The largest absolute Gasteiger partial charge is 0.497 e. The second-order valence-corrected chi connectivity index (χ2v) is 11.4. The number of hydrogen-bond donors (Lipinski definition) is 1. The monoisotopic (exact) mass is 642 g/mol. The van der Waals surface area contributed by atoms with E-state index >= 15 is 0 Å². The van der Waals surface area contributed by atoms with Crippen molar-refractivity contribution in [2.24, 2.45) is 4.99 Å². The zero-order valence-corrected chi connectivity index (χ0v) is 26.8. The van der Waals surface area contributed by atoms with Crippen LogP contribution < -0.4 is 29.1 Å². The zero-order valence-electron chi connectivity index (χ0n) is 25.9. The number of rotatable bonds is 12. The molecular formula is C35H34N2O8S. The molecule has 0 saturated heterocycles. The van der Waals surface area contributed by atoms with Gasteiger partial charge in [0.2, 0.25) is 0 Å². The van der Waals surface area contributed by atoms with Gasteiger partial charge in [-0.15, -0.1) is 0 Å². The summed E-state index contributed by atoms with van der Waals surface area (Å²) in [5, 5.41) is 9.27. The number of carboxylic acid groups (broad SMARTS) is 1. The molecule has 1 aliphatic rings. The topological polar surface area (TPSA) is 126 Å². The Morgan fingerprint density at radius 2 is 1.80 bits per heavy atom. The first kappa shape index (κ1) is 32.2. The Morgan fingerprint density at radius 1 is 1.00 bits per heavy atom. The van der Waals surface area contributed by atoms with E-state index in [-0.39, 0.29) is 24.3 Å². The number of allylic oxidation sites excluding steroid dienone is 1. The summed E-state index contributed by atoms with van der Waals surface area (Å²) in [5.74, 6) is -0.0154. The van der Waals surface area contributed by atoms with Crippen LogP contribution in [0, 0.1) is 0 Å². The molecule has 0 radical (unpaired) electrons. The van der Waals surface area contributed by atoms with Gasteiger partial charge in [0.1, 0.15) is 12.4 Å². The summed E-state index contributed by atoms with van der Waals surface area (Å²) in [6.07, 6.45) is 3.04. The molecule has 0 saturated carbocycles. The van der Waals surface area contributed by atoms with Gasteiger partial charge in [0.25, 0.3) is 5.56 Å². The molecule has 1 atom stereocenters. The molecule has 5 rings (SSSR count). The summed E-state index contributed by atoms with van der Waals surface area (Å²) in [7, 11) is 3.09. The first-order valence-electron chi connectivity index (χ1n) is 14.8. The van der Waals surface area contributed by atoms with E-state index in [1.165, 1.54) is 24.5 Å². The van der Waals surface area contributed by atoms with Gasteiger partial charge >= 0.3 is 11.9 Å². The third-order valence-corrected chi connectivity index (χ3v) is 8.34. The summed E-state index contributed by atoms with van der Waals surface area (Å²) in [4.78, 5) is 44.1. The van der Waals surface area contributed by atoms with Gasteiger partial charge in [-0.25, -0.2) is 14.6 Å². The lowest BCUT2D eigenvalue weighted by atomic mass is 9.94. The van der Waals surface area contributed by atoms with Crippen molar-refractivity contribution in [3.63, 3.8) is 0 Å². The summed E-state index contributed by atoms with van der Waals surface area (Å²) in [6.45, 7) is 4.08. The summed E-state index contributed by atoms with van der Waals surface area (Å²) in [6, 6.07) is 18.4. The SMILES string of the molecule is CCCC1=C(C(=O)OCC)[C@H](c2cccc(OC)c2)n2c(s/c(=C\c3ccc(OCc4cccc(C(=O)O)c4)c(OC)c3)c2=O)=N1. The number of esters is 1. The maximum atomic E-state index is 14.1. The lowest BCUT2D eigenvalue weighted by Gasteiger charge is -2.26. The molecular weight excluding hydrogens is 608 g/mol. The molecule has 1 aliphatic heterocycles. The van der Waals surface area contributed by atoms with Crippen molar-refractivity contribution in [2.75, 3.05) is 20.8 Å². The van der Waals surface area contributed by atoms with Crippen molar-refractivity contribution in [3.8, 4) is 17.2 Å². The van der Waals surface area contributed by atoms with Crippen LogP contribution in [0.15, 0.2) is 87.8 Å². The van der Waals surface area contributed by atoms with E-state index in [1.807, 2.05) is 31.2 Å². The highest BCUT2D eigenvalue weighted by molar-refractivity contribution is 7.07. The Balaban J connectivity index is 1.56. The summed E-state index contributed by atoms with van der Waals surface area (Å²) < 4.78 is 24.4. The fourth-order valence-corrected chi connectivity index (χ4v) is 6.27. The molecule has 0 fully saturated rings. The summed E-state index contributed by atoms with van der Waals surface area (Å²) in [5.41, 5.74) is 2.91. The fraction of sp³-hybridized carbons (Fsp3) is 0.257. The van der Waals surface area contributed by atoms with Crippen LogP contribution in [0.1, 0.15) is 59.8 Å². The van der Waals surface area contributed by atoms with Crippen LogP contribution in [0.5, 0.6) is 17.2 Å². The van der Waals surface area contributed by atoms with Crippen LogP contribution in [0.2, 0.25) is 0 Å². The van der Waals surface area contributed by atoms with Crippen molar-refractivity contribution in [1.29, 1.82) is 0 Å². The van der Waals surface area contributed by atoms with Crippen molar-refractivity contribution >= 4 is 29.4 Å². The van der Waals surface area contributed by atoms with Crippen molar-refractivity contribution in [2.45, 2.75) is 39.3 Å². The number of thiazole rings is 1. The average molecular weight is 643 g/mol. The van der Waals surface area contributed by atoms with Gasteiger partial charge in [-0.1, -0.05) is 55.0 Å². The van der Waals surface area contributed by atoms with Gasteiger partial charge in [0.15, 0.2) is 16.3 Å². The highest BCUT2D eigenvalue weighted by Gasteiger charge is 2.34.